The molecule has 1 aromatic heterocycles. The number of anilines is 2. The van der Waals surface area contributed by atoms with E-state index >= 15 is 0 Å². The topological polar surface area (TPSA) is 50.9 Å². The number of halogens is 1. The number of pyridine rings is 1. The van der Waals surface area contributed by atoms with Gasteiger partial charge in [-0.1, -0.05) is 26.7 Å². The van der Waals surface area contributed by atoms with Crippen LogP contribution in [-0.4, -0.2) is 11.0 Å². The number of nitrogens with zero attached hydrogens (tertiary/aromatic N) is 1. The molecule has 0 aliphatic rings. The molecule has 0 spiro atoms. The van der Waals surface area contributed by atoms with Gasteiger partial charge in [-0.15, -0.1) is 0 Å². The Kier molecular flexibility index (Phi) is 5.75. The molecule has 1 rings (SSSR count). The number of nitrogen functional groups attached to an aromatic ring is 1. The number of hydrogen-bond acceptors (Lipinski definition) is 3. The summed E-state index contributed by atoms with van der Waals surface area (Å²) in [5.74, 6) is 1.56. The average molecular weight is 300 g/mol. The molecular formula is C13H22BrN3. The molecule has 0 aliphatic carbocycles. The van der Waals surface area contributed by atoms with Crippen molar-refractivity contribution in [2.75, 3.05) is 11.1 Å². The largest absolute Gasteiger partial charge is 0.396 e. The molecule has 1 atom stereocenters. The van der Waals surface area contributed by atoms with Crippen molar-refractivity contribution in [3.8, 4) is 0 Å². The summed E-state index contributed by atoms with van der Waals surface area (Å²) in [6.45, 7) is 6.68. The molecule has 3 nitrogen and oxygen atoms in total. The number of hydrogen-bond donors (Lipinski definition) is 2. The van der Waals surface area contributed by atoms with E-state index in [0.717, 1.165) is 22.6 Å². The maximum atomic E-state index is 5.89. The molecule has 0 bridgehead atoms. The second-order valence-electron chi connectivity index (χ2n) is 4.96. The predicted octanol–water partition coefficient (Wildman–Crippen LogP) is 4.05. The van der Waals surface area contributed by atoms with E-state index in [1.165, 1.54) is 12.8 Å². The smallest absolute Gasteiger partial charge is 0.149 e. The van der Waals surface area contributed by atoms with Crippen LogP contribution in [0.1, 0.15) is 40.0 Å². The lowest BCUT2D eigenvalue weighted by Crippen LogP contribution is -2.17. The first kappa shape index (κ1) is 14.3. The quantitative estimate of drug-likeness (QED) is 0.833. The third-order valence-electron chi connectivity index (χ3n) is 2.69. The zero-order chi connectivity index (χ0) is 12.8. The van der Waals surface area contributed by atoms with Gasteiger partial charge < -0.3 is 11.1 Å². The molecule has 1 unspecified atom stereocenters. The van der Waals surface area contributed by atoms with Gasteiger partial charge in [-0.2, -0.15) is 0 Å². The van der Waals surface area contributed by atoms with Gasteiger partial charge in [-0.05, 0) is 41.3 Å². The summed E-state index contributed by atoms with van der Waals surface area (Å²) in [4.78, 5) is 4.28. The average Bonchev–Trinajstić information content (AvgIpc) is 2.21. The van der Waals surface area contributed by atoms with E-state index in [1.54, 1.807) is 6.20 Å². The SMILES string of the molecule is CC(C)CCCC(C)Nc1ncc(Br)cc1N. The minimum atomic E-state index is 0.407. The normalized spacial score (nSPS) is 12.8. The van der Waals surface area contributed by atoms with Gasteiger partial charge in [0.25, 0.3) is 0 Å². The standard InChI is InChI=1S/C13H22BrN3/c1-9(2)5-4-6-10(3)17-13-12(15)7-11(14)8-16-13/h7-10H,4-6,15H2,1-3H3,(H,16,17). The van der Waals surface area contributed by atoms with Crippen LogP contribution in [0.5, 0.6) is 0 Å². The first-order valence-electron chi connectivity index (χ1n) is 6.16. The monoisotopic (exact) mass is 299 g/mol. The van der Waals surface area contributed by atoms with Gasteiger partial charge in [0.2, 0.25) is 0 Å². The lowest BCUT2D eigenvalue weighted by atomic mass is 10.0. The fourth-order valence-corrected chi connectivity index (χ4v) is 2.06. The Morgan fingerprint density at radius 2 is 2.06 bits per heavy atom. The first-order chi connectivity index (χ1) is 7.99. The maximum Gasteiger partial charge on any atom is 0.149 e. The number of nitrogens with one attached hydrogen (secondary N) is 1. The summed E-state index contributed by atoms with van der Waals surface area (Å²) in [6, 6.07) is 2.28. The summed E-state index contributed by atoms with van der Waals surface area (Å²) in [6.07, 6.45) is 5.42. The predicted molar refractivity (Wildman–Crippen MR) is 78.1 cm³/mol. The van der Waals surface area contributed by atoms with Crippen molar-refractivity contribution < 1.29 is 0 Å². The highest BCUT2D eigenvalue weighted by Crippen LogP contribution is 2.21. The van der Waals surface area contributed by atoms with E-state index in [-0.39, 0.29) is 0 Å². The van der Waals surface area contributed by atoms with Crippen LogP contribution in [0.25, 0.3) is 0 Å². The highest BCUT2D eigenvalue weighted by molar-refractivity contribution is 9.10. The summed E-state index contributed by atoms with van der Waals surface area (Å²) >= 11 is 3.35. The van der Waals surface area contributed by atoms with Gasteiger partial charge in [0.15, 0.2) is 0 Å². The summed E-state index contributed by atoms with van der Waals surface area (Å²) in [5.41, 5.74) is 6.58. The molecule has 96 valence electrons. The molecule has 0 saturated heterocycles. The van der Waals surface area contributed by atoms with Gasteiger partial charge in [0.1, 0.15) is 5.82 Å². The Morgan fingerprint density at radius 1 is 1.35 bits per heavy atom. The Labute approximate surface area is 112 Å². The lowest BCUT2D eigenvalue weighted by Gasteiger charge is -2.16. The van der Waals surface area contributed by atoms with Crippen molar-refractivity contribution in [1.82, 2.24) is 4.98 Å². The lowest BCUT2D eigenvalue weighted by molar-refractivity contribution is 0.520. The fraction of sp³-hybridized carbons (Fsp3) is 0.615. The van der Waals surface area contributed by atoms with E-state index in [9.17, 15) is 0 Å². The second-order valence-corrected chi connectivity index (χ2v) is 5.88. The second kappa shape index (κ2) is 6.84. The van der Waals surface area contributed by atoms with Crippen LogP contribution in [0, 0.1) is 5.92 Å². The van der Waals surface area contributed by atoms with E-state index in [0.29, 0.717) is 11.7 Å². The van der Waals surface area contributed by atoms with Crippen molar-refractivity contribution >= 4 is 27.4 Å². The van der Waals surface area contributed by atoms with Gasteiger partial charge in [0.05, 0.1) is 5.69 Å². The highest BCUT2D eigenvalue weighted by atomic mass is 79.9. The van der Waals surface area contributed by atoms with Gasteiger partial charge in [0, 0.05) is 16.7 Å². The van der Waals surface area contributed by atoms with Crippen molar-refractivity contribution in [3.63, 3.8) is 0 Å². The van der Waals surface area contributed by atoms with E-state index in [1.807, 2.05) is 6.07 Å². The van der Waals surface area contributed by atoms with Crippen LogP contribution in [0.3, 0.4) is 0 Å². The fourth-order valence-electron chi connectivity index (χ4n) is 1.71. The Balaban J connectivity index is 2.42. The molecule has 0 aromatic carbocycles. The van der Waals surface area contributed by atoms with Crippen molar-refractivity contribution in [3.05, 3.63) is 16.7 Å². The van der Waals surface area contributed by atoms with Gasteiger partial charge in [-0.3, -0.25) is 0 Å². The van der Waals surface area contributed by atoms with Crippen LogP contribution >= 0.6 is 15.9 Å². The number of nitrogens with two attached hydrogens (primary N) is 1. The number of rotatable bonds is 6. The molecule has 0 radical (unpaired) electrons. The Morgan fingerprint density at radius 3 is 2.65 bits per heavy atom. The van der Waals surface area contributed by atoms with Crippen LogP contribution in [0.4, 0.5) is 11.5 Å². The Hall–Kier alpha value is -0.770. The maximum absolute atomic E-state index is 5.89. The zero-order valence-electron chi connectivity index (χ0n) is 10.8. The van der Waals surface area contributed by atoms with Crippen LogP contribution in [-0.2, 0) is 0 Å². The third kappa shape index (κ3) is 5.39. The molecule has 1 aromatic rings. The summed E-state index contributed by atoms with van der Waals surface area (Å²) < 4.78 is 0.910. The molecular weight excluding hydrogens is 278 g/mol. The van der Waals surface area contributed by atoms with Crippen LogP contribution < -0.4 is 11.1 Å². The first-order valence-corrected chi connectivity index (χ1v) is 6.96. The van der Waals surface area contributed by atoms with Crippen molar-refractivity contribution in [2.45, 2.75) is 46.1 Å². The van der Waals surface area contributed by atoms with Crippen LogP contribution in [0.15, 0.2) is 16.7 Å². The summed E-state index contributed by atoms with van der Waals surface area (Å²) in [5, 5.41) is 3.35. The van der Waals surface area contributed by atoms with Gasteiger partial charge in [-0.25, -0.2) is 4.98 Å². The molecule has 1 heterocycles. The molecule has 4 heteroatoms. The van der Waals surface area contributed by atoms with E-state index < -0.39 is 0 Å². The van der Waals surface area contributed by atoms with Crippen LogP contribution in [0.2, 0.25) is 0 Å². The van der Waals surface area contributed by atoms with E-state index in [2.05, 4.69) is 47.0 Å². The minimum absolute atomic E-state index is 0.407. The Bertz CT molecular complexity index is 353. The molecule has 0 fully saturated rings. The minimum Gasteiger partial charge on any atom is -0.396 e. The van der Waals surface area contributed by atoms with Crippen molar-refractivity contribution in [1.29, 1.82) is 0 Å². The molecule has 0 aliphatic heterocycles. The molecule has 17 heavy (non-hydrogen) atoms. The molecule has 0 saturated carbocycles. The highest BCUT2D eigenvalue weighted by Gasteiger charge is 2.06. The van der Waals surface area contributed by atoms with E-state index in [4.69, 9.17) is 5.73 Å². The molecule has 0 amide bonds. The van der Waals surface area contributed by atoms with Gasteiger partial charge >= 0.3 is 0 Å². The summed E-state index contributed by atoms with van der Waals surface area (Å²) in [7, 11) is 0. The molecule has 3 N–H and O–H groups in total. The zero-order valence-corrected chi connectivity index (χ0v) is 12.4. The third-order valence-corrected chi connectivity index (χ3v) is 3.12. The van der Waals surface area contributed by atoms with Crippen molar-refractivity contribution in [2.24, 2.45) is 5.92 Å². The number of aromatic nitrogens is 1.